The number of rotatable bonds is 24. The Morgan fingerprint density at radius 3 is 1.10 bits per heavy atom. The van der Waals surface area contributed by atoms with Gasteiger partial charge in [0, 0.05) is 5.57 Å². The number of carbonyl (C=O) groups is 1. The maximum atomic E-state index is 11.4. The van der Waals surface area contributed by atoms with Crippen molar-refractivity contribution in [3.63, 3.8) is 0 Å². The molecule has 0 saturated heterocycles. The molecular formula is C28H54O2. The first-order chi connectivity index (χ1) is 14.6. The second kappa shape index (κ2) is 22.9. The van der Waals surface area contributed by atoms with E-state index in [4.69, 9.17) is 0 Å². The minimum atomic E-state index is -0.793. The van der Waals surface area contributed by atoms with E-state index >= 15 is 0 Å². The van der Waals surface area contributed by atoms with Gasteiger partial charge in [0.2, 0.25) is 0 Å². The van der Waals surface area contributed by atoms with E-state index in [0.717, 1.165) is 25.7 Å². The first kappa shape index (κ1) is 29.2. The summed E-state index contributed by atoms with van der Waals surface area (Å²) in [6, 6.07) is 0. The number of aliphatic carboxylic acids is 1. The molecule has 178 valence electrons. The molecule has 0 aromatic heterocycles. The molecule has 1 N–H and O–H groups in total. The first-order valence-electron chi connectivity index (χ1n) is 13.6. The van der Waals surface area contributed by atoms with Gasteiger partial charge >= 0.3 is 5.97 Å². The summed E-state index contributed by atoms with van der Waals surface area (Å²) in [7, 11) is 0. The van der Waals surface area contributed by atoms with E-state index in [-0.39, 0.29) is 5.92 Å². The van der Waals surface area contributed by atoms with Gasteiger partial charge in [-0.2, -0.15) is 0 Å². The van der Waals surface area contributed by atoms with Crippen LogP contribution in [0.4, 0.5) is 0 Å². The molecule has 0 rings (SSSR count). The Balaban J connectivity index is 3.72. The summed E-state index contributed by atoms with van der Waals surface area (Å²) in [5.41, 5.74) is 0.445. The molecule has 30 heavy (non-hydrogen) atoms. The molecule has 0 bridgehead atoms. The van der Waals surface area contributed by atoms with Crippen LogP contribution in [0.3, 0.4) is 0 Å². The molecule has 0 aliphatic rings. The summed E-state index contributed by atoms with van der Waals surface area (Å²) >= 11 is 0. The third kappa shape index (κ3) is 19.2. The zero-order valence-electron chi connectivity index (χ0n) is 20.7. The van der Waals surface area contributed by atoms with Crippen molar-refractivity contribution >= 4 is 5.97 Å². The van der Waals surface area contributed by atoms with Gasteiger partial charge in [-0.1, -0.05) is 149 Å². The maximum absolute atomic E-state index is 11.4. The highest BCUT2D eigenvalue weighted by Crippen LogP contribution is 2.25. The lowest BCUT2D eigenvalue weighted by molar-refractivity contribution is -0.133. The summed E-state index contributed by atoms with van der Waals surface area (Å²) in [4.78, 5) is 11.4. The van der Waals surface area contributed by atoms with Crippen LogP contribution >= 0.6 is 0 Å². The smallest absolute Gasteiger partial charge is 0.331 e. The van der Waals surface area contributed by atoms with Crippen molar-refractivity contribution in [1.82, 2.24) is 0 Å². The molecule has 0 radical (unpaired) electrons. The van der Waals surface area contributed by atoms with Crippen molar-refractivity contribution in [2.45, 2.75) is 155 Å². The van der Waals surface area contributed by atoms with Crippen LogP contribution in [0.2, 0.25) is 0 Å². The summed E-state index contributed by atoms with van der Waals surface area (Å²) in [5.74, 6) is -0.607. The summed E-state index contributed by atoms with van der Waals surface area (Å²) in [6.07, 6.45) is 28.7. The van der Waals surface area contributed by atoms with Gasteiger partial charge < -0.3 is 5.11 Å². The molecule has 0 amide bonds. The van der Waals surface area contributed by atoms with E-state index in [1.165, 1.54) is 116 Å². The standard InChI is InChI=1S/C28H54O2/c1-4-6-8-10-12-14-15-16-17-19-21-23-25-27(26(3)28(29)30)24-22-20-18-13-11-9-7-5-2/h27H,3-25H2,1-2H3,(H,29,30). The molecule has 0 aliphatic carbocycles. The van der Waals surface area contributed by atoms with Gasteiger partial charge in [0.05, 0.1) is 0 Å². The van der Waals surface area contributed by atoms with Crippen LogP contribution in [0.1, 0.15) is 155 Å². The lowest BCUT2D eigenvalue weighted by atomic mass is 9.88. The molecule has 1 unspecified atom stereocenters. The Morgan fingerprint density at radius 2 is 0.833 bits per heavy atom. The lowest BCUT2D eigenvalue weighted by Crippen LogP contribution is -2.12. The Labute approximate surface area is 189 Å². The van der Waals surface area contributed by atoms with E-state index in [9.17, 15) is 9.90 Å². The summed E-state index contributed by atoms with van der Waals surface area (Å²) in [6.45, 7) is 8.41. The van der Waals surface area contributed by atoms with Crippen molar-refractivity contribution < 1.29 is 9.90 Å². The Kier molecular flexibility index (Phi) is 22.3. The van der Waals surface area contributed by atoms with Crippen molar-refractivity contribution in [2.24, 2.45) is 5.92 Å². The average molecular weight is 423 g/mol. The van der Waals surface area contributed by atoms with E-state index in [1.54, 1.807) is 0 Å². The van der Waals surface area contributed by atoms with Crippen LogP contribution in [0.25, 0.3) is 0 Å². The highest BCUT2D eigenvalue weighted by molar-refractivity contribution is 5.86. The van der Waals surface area contributed by atoms with Crippen LogP contribution in [0, 0.1) is 5.92 Å². The Bertz CT molecular complexity index is 388. The monoisotopic (exact) mass is 422 g/mol. The molecule has 2 heteroatoms. The van der Waals surface area contributed by atoms with Crippen LogP contribution in [-0.4, -0.2) is 11.1 Å². The molecule has 0 saturated carbocycles. The molecule has 0 aromatic rings. The number of hydrogen-bond acceptors (Lipinski definition) is 1. The van der Waals surface area contributed by atoms with Gasteiger partial charge in [-0.3, -0.25) is 0 Å². The van der Waals surface area contributed by atoms with Crippen LogP contribution in [-0.2, 0) is 4.79 Å². The molecule has 0 aliphatic heterocycles. The fourth-order valence-electron chi connectivity index (χ4n) is 4.42. The Morgan fingerprint density at radius 1 is 0.567 bits per heavy atom. The van der Waals surface area contributed by atoms with Crippen molar-refractivity contribution in [2.75, 3.05) is 0 Å². The van der Waals surface area contributed by atoms with E-state index in [2.05, 4.69) is 20.4 Å². The molecule has 0 spiro atoms. The van der Waals surface area contributed by atoms with Gasteiger partial charge in [0.25, 0.3) is 0 Å². The lowest BCUT2D eigenvalue weighted by Gasteiger charge is -2.17. The molecule has 1 atom stereocenters. The third-order valence-corrected chi connectivity index (χ3v) is 6.58. The van der Waals surface area contributed by atoms with Gasteiger partial charge in [0.1, 0.15) is 0 Å². The summed E-state index contributed by atoms with van der Waals surface area (Å²) < 4.78 is 0. The molecule has 0 heterocycles. The van der Waals surface area contributed by atoms with E-state index in [0.29, 0.717) is 5.57 Å². The second-order valence-electron chi connectivity index (χ2n) is 9.47. The van der Waals surface area contributed by atoms with Gasteiger partial charge in [-0.05, 0) is 18.8 Å². The molecular weight excluding hydrogens is 368 g/mol. The maximum Gasteiger partial charge on any atom is 0.331 e. The van der Waals surface area contributed by atoms with Crippen molar-refractivity contribution in [3.05, 3.63) is 12.2 Å². The number of carboxylic acid groups (broad SMARTS) is 1. The molecule has 2 nitrogen and oxygen atoms in total. The van der Waals surface area contributed by atoms with Crippen LogP contribution in [0.15, 0.2) is 12.2 Å². The zero-order chi connectivity index (χ0) is 22.3. The molecule has 0 aromatic carbocycles. The highest BCUT2D eigenvalue weighted by atomic mass is 16.4. The summed E-state index contributed by atoms with van der Waals surface area (Å²) in [5, 5.41) is 9.37. The number of unbranched alkanes of at least 4 members (excludes halogenated alkanes) is 18. The van der Waals surface area contributed by atoms with E-state index < -0.39 is 5.97 Å². The van der Waals surface area contributed by atoms with Gasteiger partial charge in [-0.15, -0.1) is 0 Å². The SMILES string of the molecule is C=C(C(=O)O)C(CCCCCCCCCC)CCCCCCCCCCCCCC. The number of hydrogen-bond donors (Lipinski definition) is 1. The predicted octanol–water partition coefficient (Wildman–Crippen LogP) is 9.87. The fourth-order valence-corrected chi connectivity index (χ4v) is 4.42. The van der Waals surface area contributed by atoms with Crippen molar-refractivity contribution in [1.29, 1.82) is 0 Å². The Hall–Kier alpha value is -0.790. The van der Waals surface area contributed by atoms with Gasteiger partial charge in [0.15, 0.2) is 0 Å². The highest BCUT2D eigenvalue weighted by Gasteiger charge is 2.17. The van der Waals surface area contributed by atoms with E-state index in [1.807, 2.05) is 0 Å². The first-order valence-corrected chi connectivity index (χ1v) is 13.6. The van der Waals surface area contributed by atoms with Crippen LogP contribution in [0.5, 0.6) is 0 Å². The average Bonchev–Trinajstić information content (AvgIpc) is 2.74. The van der Waals surface area contributed by atoms with Crippen molar-refractivity contribution in [3.8, 4) is 0 Å². The van der Waals surface area contributed by atoms with Crippen LogP contribution < -0.4 is 0 Å². The van der Waals surface area contributed by atoms with Gasteiger partial charge in [-0.25, -0.2) is 4.79 Å². The normalized spacial score (nSPS) is 12.2. The third-order valence-electron chi connectivity index (χ3n) is 6.58. The topological polar surface area (TPSA) is 37.3 Å². The largest absolute Gasteiger partial charge is 0.478 e. The number of carboxylic acids is 1. The minimum Gasteiger partial charge on any atom is -0.478 e. The zero-order valence-corrected chi connectivity index (χ0v) is 20.7. The predicted molar refractivity (Wildman–Crippen MR) is 133 cm³/mol. The second-order valence-corrected chi connectivity index (χ2v) is 9.47. The minimum absolute atomic E-state index is 0.186. The fraction of sp³-hybridized carbons (Fsp3) is 0.893. The quantitative estimate of drug-likeness (QED) is 0.124. The molecule has 0 fully saturated rings.